The van der Waals surface area contributed by atoms with Gasteiger partial charge in [-0.1, -0.05) is 18.5 Å². The van der Waals surface area contributed by atoms with Gasteiger partial charge in [-0.25, -0.2) is 0 Å². The fourth-order valence-corrected chi connectivity index (χ4v) is 2.61. The van der Waals surface area contributed by atoms with Crippen molar-refractivity contribution in [2.75, 3.05) is 0 Å². The Balaban J connectivity index is 1.94. The van der Waals surface area contributed by atoms with Crippen LogP contribution in [0.15, 0.2) is 10.9 Å². The Labute approximate surface area is 110 Å². The van der Waals surface area contributed by atoms with Crippen LogP contribution in [-0.4, -0.2) is 27.1 Å². The molecule has 1 heterocycles. The average molecular weight is 267 g/mol. The standard InChI is InChI=1S/C12H17N3O4/c1-2-7-3-8(9(4-7)12(17)18)11(16)13-5-10-14-6-19-15-10/h6-9H,2-5H2,1H3,(H,13,16)(H,17,18)/t7?,8-,9+/m0/s1. The third kappa shape index (κ3) is 3.10. The van der Waals surface area contributed by atoms with Gasteiger partial charge in [-0.05, 0) is 18.8 Å². The van der Waals surface area contributed by atoms with Crippen LogP contribution in [0.3, 0.4) is 0 Å². The van der Waals surface area contributed by atoms with Gasteiger partial charge >= 0.3 is 5.97 Å². The number of carbonyl (C=O) groups is 2. The number of nitrogens with one attached hydrogen (secondary N) is 1. The molecular formula is C12H17N3O4. The first-order valence-electron chi connectivity index (χ1n) is 6.37. The van der Waals surface area contributed by atoms with Gasteiger partial charge < -0.3 is 14.9 Å². The van der Waals surface area contributed by atoms with Crippen molar-refractivity contribution >= 4 is 11.9 Å². The van der Waals surface area contributed by atoms with E-state index in [2.05, 4.69) is 20.0 Å². The van der Waals surface area contributed by atoms with E-state index >= 15 is 0 Å². The summed E-state index contributed by atoms with van der Waals surface area (Å²) in [7, 11) is 0. The molecule has 1 aliphatic carbocycles. The lowest BCUT2D eigenvalue weighted by Crippen LogP contribution is -2.35. The molecule has 1 unspecified atom stereocenters. The molecule has 0 radical (unpaired) electrons. The van der Waals surface area contributed by atoms with E-state index in [0.717, 1.165) is 6.42 Å². The number of carboxylic acid groups (broad SMARTS) is 1. The Morgan fingerprint density at radius 1 is 1.47 bits per heavy atom. The number of hydrogen-bond donors (Lipinski definition) is 2. The summed E-state index contributed by atoms with van der Waals surface area (Å²) >= 11 is 0. The normalized spacial score (nSPS) is 26.3. The SMILES string of the molecule is CCC1C[C@H](C(=O)NCc2ncon2)[C@H](C(=O)O)C1. The monoisotopic (exact) mass is 267 g/mol. The van der Waals surface area contributed by atoms with E-state index in [0.29, 0.717) is 24.6 Å². The Morgan fingerprint density at radius 2 is 2.21 bits per heavy atom. The highest BCUT2D eigenvalue weighted by molar-refractivity contribution is 5.85. The van der Waals surface area contributed by atoms with Crippen LogP contribution in [0.5, 0.6) is 0 Å². The van der Waals surface area contributed by atoms with Crippen LogP contribution in [0.4, 0.5) is 0 Å². The van der Waals surface area contributed by atoms with Crippen molar-refractivity contribution < 1.29 is 19.2 Å². The molecule has 1 aromatic heterocycles. The van der Waals surface area contributed by atoms with E-state index in [4.69, 9.17) is 0 Å². The summed E-state index contributed by atoms with van der Waals surface area (Å²) < 4.78 is 4.56. The zero-order chi connectivity index (χ0) is 13.8. The van der Waals surface area contributed by atoms with Crippen LogP contribution in [-0.2, 0) is 16.1 Å². The van der Waals surface area contributed by atoms with Crippen molar-refractivity contribution in [1.29, 1.82) is 0 Å². The van der Waals surface area contributed by atoms with E-state index in [1.165, 1.54) is 6.39 Å². The summed E-state index contributed by atoms with van der Waals surface area (Å²) in [4.78, 5) is 27.0. The Hall–Kier alpha value is -1.92. The zero-order valence-electron chi connectivity index (χ0n) is 10.7. The highest BCUT2D eigenvalue weighted by Crippen LogP contribution is 2.38. The van der Waals surface area contributed by atoms with Crippen molar-refractivity contribution in [3.63, 3.8) is 0 Å². The van der Waals surface area contributed by atoms with E-state index in [9.17, 15) is 14.7 Å². The zero-order valence-corrected chi connectivity index (χ0v) is 10.7. The molecule has 3 atom stereocenters. The maximum Gasteiger partial charge on any atom is 0.307 e. The molecule has 0 saturated heterocycles. The molecule has 2 rings (SSSR count). The highest BCUT2D eigenvalue weighted by atomic mass is 16.5. The van der Waals surface area contributed by atoms with Gasteiger partial charge in [0.1, 0.15) is 0 Å². The minimum Gasteiger partial charge on any atom is -0.481 e. The van der Waals surface area contributed by atoms with Crippen molar-refractivity contribution in [2.45, 2.75) is 32.7 Å². The number of nitrogens with zero attached hydrogens (tertiary/aromatic N) is 2. The predicted octanol–water partition coefficient (Wildman–Crippen LogP) is 0.823. The fraction of sp³-hybridized carbons (Fsp3) is 0.667. The second-order valence-electron chi connectivity index (χ2n) is 4.86. The predicted molar refractivity (Wildman–Crippen MR) is 63.8 cm³/mol. The van der Waals surface area contributed by atoms with Crippen molar-refractivity contribution in [1.82, 2.24) is 15.5 Å². The van der Waals surface area contributed by atoms with Crippen molar-refractivity contribution in [3.8, 4) is 0 Å². The summed E-state index contributed by atoms with van der Waals surface area (Å²) in [6.45, 7) is 2.18. The van der Waals surface area contributed by atoms with Crippen LogP contribution >= 0.6 is 0 Å². The van der Waals surface area contributed by atoms with E-state index < -0.39 is 17.8 Å². The molecule has 1 amide bonds. The molecule has 0 spiro atoms. The van der Waals surface area contributed by atoms with E-state index in [1.54, 1.807) is 0 Å². The number of carboxylic acids is 1. The molecule has 1 aliphatic rings. The molecule has 7 heteroatoms. The molecule has 2 N–H and O–H groups in total. The first-order valence-corrected chi connectivity index (χ1v) is 6.37. The molecule has 0 bridgehead atoms. The van der Waals surface area contributed by atoms with Gasteiger partial charge in [0.15, 0.2) is 5.82 Å². The van der Waals surface area contributed by atoms with Crippen molar-refractivity contribution in [3.05, 3.63) is 12.2 Å². The minimum atomic E-state index is -0.893. The molecule has 1 aromatic rings. The third-order valence-electron chi connectivity index (χ3n) is 3.72. The van der Waals surface area contributed by atoms with Gasteiger partial charge in [-0.3, -0.25) is 9.59 Å². The Bertz CT molecular complexity index is 446. The lowest BCUT2D eigenvalue weighted by atomic mass is 9.95. The quantitative estimate of drug-likeness (QED) is 0.818. The van der Waals surface area contributed by atoms with E-state index in [1.807, 2.05) is 6.92 Å². The molecular weight excluding hydrogens is 250 g/mol. The van der Waals surface area contributed by atoms with Gasteiger partial charge in [-0.2, -0.15) is 4.98 Å². The van der Waals surface area contributed by atoms with Crippen LogP contribution in [0.1, 0.15) is 32.0 Å². The van der Waals surface area contributed by atoms with Crippen LogP contribution < -0.4 is 5.32 Å². The van der Waals surface area contributed by atoms with Crippen LogP contribution in [0.2, 0.25) is 0 Å². The molecule has 1 saturated carbocycles. The maximum absolute atomic E-state index is 12.1. The molecule has 0 aliphatic heterocycles. The number of rotatable bonds is 5. The summed E-state index contributed by atoms with van der Waals surface area (Å²) in [5, 5.41) is 15.4. The summed E-state index contributed by atoms with van der Waals surface area (Å²) in [5.41, 5.74) is 0. The van der Waals surface area contributed by atoms with Gasteiger partial charge in [0.2, 0.25) is 12.3 Å². The van der Waals surface area contributed by atoms with Crippen LogP contribution in [0.25, 0.3) is 0 Å². The topological polar surface area (TPSA) is 105 Å². The number of aliphatic carboxylic acids is 1. The first kappa shape index (κ1) is 13.5. The van der Waals surface area contributed by atoms with Crippen molar-refractivity contribution in [2.24, 2.45) is 17.8 Å². The fourth-order valence-electron chi connectivity index (χ4n) is 2.61. The van der Waals surface area contributed by atoms with E-state index in [-0.39, 0.29) is 12.5 Å². The lowest BCUT2D eigenvalue weighted by molar-refractivity contribution is -0.146. The lowest BCUT2D eigenvalue weighted by Gasteiger charge is -2.14. The highest BCUT2D eigenvalue weighted by Gasteiger charge is 2.41. The molecule has 0 aromatic carbocycles. The number of amides is 1. The smallest absolute Gasteiger partial charge is 0.307 e. The second-order valence-corrected chi connectivity index (χ2v) is 4.86. The molecule has 7 nitrogen and oxygen atoms in total. The molecule has 1 fully saturated rings. The van der Waals surface area contributed by atoms with Gasteiger partial charge in [0.05, 0.1) is 18.4 Å². The third-order valence-corrected chi connectivity index (χ3v) is 3.72. The number of aromatic nitrogens is 2. The van der Waals surface area contributed by atoms with Gasteiger partial charge in [0.25, 0.3) is 0 Å². The Morgan fingerprint density at radius 3 is 2.79 bits per heavy atom. The largest absolute Gasteiger partial charge is 0.481 e. The number of carbonyl (C=O) groups excluding carboxylic acids is 1. The first-order chi connectivity index (χ1) is 9.11. The van der Waals surface area contributed by atoms with Gasteiger partial charge in [0, 0.05) is 0 Å². The second kappa shape index (κ2) is 5.81. The summed E-state index contributed by atoms with van der Waals surface area (Å²) in [5.74, 6) is -1.50. The maximum atomic E-state index is 12.1. The summed E-state index contributed by atoms with van der Waals surface area (Å²) in [6.07, 6.45) is 3.29. The summed E-state index contributed by atoms with van der Waals surface area (Å²) in [6, 6.07) is 0. The average Bonchev–Trinajstić information content (AvgIpc) is 3.04. The number of hydrogen-bond acceptors (Lipinski definition) is 5. The van der Waals surface area contributed by atoms with Gasteiger partial charge in [-0.15, -0.1) is 0 Å². The molecule has 19 heavy (non-hydrogen) atoms. The molecule has 104 valence electrons. The Kier molecular flexibility index (Phi) is 4.13. The minimum absolute atomic E-state index is 0.162. The van der Waals surface area contributed by atoms with Crippen LogP contribution in [0, 0.1) is 17.8 Å².